The van der Waals surface area contributed by atoms with Crippen molar-refractivity contribution in [3.05, 3.63) is 19.2 Å². The van der Waals surface area contributed by atoms with Gasteiger partial charge in [0.15, 0.2) is 0 Å². The van der Waals surface area contributed by atoms with E-state index >= 15 is 0 Å². The van der Waals surface area contributed by atoms with Crippen LogP contribution in [0.25, 0.3) is 0 Å². The van der Waals surface area contributed by atoms with Crippen molar-refractivity contribution in [1.29, 1.82) is 0 Å². The van der Waals surface area contributed by atoms with Gasteiger partial charge >= 0.3 is 0 Å². The molecule has 1 aliphatic carbocycles. The second-order valence-electron chi connectivity index (χ2n) is 4.10. The van der Waals surface area contributed by atoms with Gasteiger partial charge in [-0.3, -0.25) is 0 Å². The van der Waals surface area contributed by atoms with Crippen LogP contribution in [0, 0.1) is 5.41 Å². The first-order valence-electron chi connectivity index (χ1n) is 4.01. The van der Waals surface area contributed by atoms with Gasteiger partial charge in [0.25, 0.3) is 0 Å². The SMILES string of the molecule is CC1(C)CC1(Br)c1cc(Br)sc1Br. The molecule has 0 N–H and O–H groups in total. The Hall–Kier alpha value is 1.14. The molecule has 1 aromatic heterocycles. The smallest absolute Gasteiger partial charge is 0.0756 e. The van der Waals surface area contributed by atoms with Crippen LogP contribution in [0.15, 0.2) is 13.6 Å². The van der Waals surface area contributed by atoms with Gasteiger partial charge in [0.1, 0.15) is 0 Å². The molecule has 2 rings (SSSR count). The number of thiophene rings is 1. The molecule has 0 saturated heterocycles. The Bertz CT molecular complexity index is 356. The van der Waals surface area contributed by atoms with Crippen molar-refractivity contribution >= 4 is 59.1 Å². The molecule has 1 aliphatic rings. The van der Waals surface area contributed by atoms with E-state index in [1.807, 2.05) is 0 Å². The zero-order chi connectivity index (χ0) is 9.85. The average Bonchev–Trinajstić information content (AvgIpc) is 2.34. The highest BCUT2D eigenvalue weighted by Gasteiger charge is 2.61. The van der Waals surface area contributed by atoms with E-state index in [2.05, 4.69) is 67.7 Å². The topological polar surface area (TPSA) is 0 Å². The van der Waals surface area contributed by atoms with Gasteiger partial charge in [0.2, 0.25) is 0 Å². The molecular formula is C9H9Br3S. The monoisotopic (exact) mass is 386 g/mol. The van der Waals surface area contributed by atoms with E-state index in [1.165, 1.54) is 19.6 Å². The molecule has 13 heavy (non-hydrogen) atoms. The predicted octanol–water partition coefficient (Wildman–Crippen LogP) is 5.29. The molecular weight excluding hydrogens is 380 g/mol. The molecule has 0 nitrogen and oxygen atoms in total. The molecule has 4 heteroatoms. The predicted molar refractivity (Wildman–Crippen MR) is 68.7 cm³/mol. The minimum Gasteiger partial charge on any atom is -0.121 e. The number of hydrogen-bond donors (Lipinski definition) is 0. The normalized spacial score (nSPS) is 30.5. The van der Waals surface area contributed by atoms with Gasteiger partial charge in [-0.15, -0.1) is 11.3 Å². The minimum atomic E-state index is 0.196. The maximum Gasteiger partial charge on any atom is 0.0756 e. The molecule has 1 atom stereocenters. The Labute approximate surface area is 107 Å². The average molecular weight is 389 g/mol. The van der Waals surface area contributed by atoms with Gasteiger partial charge in [0.05, 0.1) is 11.9 Å². The third-order valence-electron chi connectivity index (χ3n) is 2.72. The second kappa shape index (κ2) is 3.06. The van der Waals surface area contributed by atoms with Crippen LogP contribution in [-0.2, 0) is 4.32 Å². The summed E-state index contributed by atoms with van der Waals surface area (Å²) in [4.78, 5) is 0. The van der Waals surface area contributed by atoms with Crippen molar-refractivity contribution in [3.63, 3.8) is 0 Å². The van der Waals surface area contributed by atoms with Gasteiger partial charge in [-0.05, 0) is 55.3 Å². The molecule has 72 valence electrons. The van der Waals surface area contributed by atoms with Crippen molar-refractivity contribution in [3.8, 4) is 0 Å². The molecule has 0 spiro atoms. The van der Waals surface area contributed by atoms with Crippen LogP contribution >= 0.6 is 59.1 Å². The van der Waals surface area contributed by atoms with Gasteiger partial charge in [-0.1, -0.05) is 29.8 Å². The molecule has 0 aliphatic heterocycles. The summed E-state index contributed by atoms with van der Waals surface area (Å²) in [5.74, 6) is 0. The fourth-order valence-corrected chi connectivity index (χ4v) is 6.08. The lowest BCUT2D eigenvalue weighted by molar-refractivity contribution is 0.605. The Morgan fingerprint density at radius 1 is 1.38 bits per heavy atom. The molecule has 1 unspecified atom stereocenters. The van der Waals surface area contributed by atoms with Crippen LogP contribution in [0.5, 0.6) is 0 Å². The first kappa shape index (κ1) is 10.7. The van der Waals surface area contributed by atoms with E-state index in [0.29, 0.717) is 5.41 Å². The summed E-state index contributed by atoms with van der Waals surface area (Å²) in [7, 11) is 0. The summed E-state index contributed by atoms with van der Waals surface area (Å²) in [6, 6.07) is 2.21. The quantitative estimate of drug-likeness (QED) is 0.573. The summed E-state index contributed by atoms with van der Waals surface area (Å²) in [6.45, 7) is 4.58. The summed E-state index contributed by atoms with van der Waals surface area (Å²) in [5.41, 5.74) is 1.77. The van der Waals surface area contributed by atoms with Gasteiger partial charge in [-0.25, -0.2) is 0 Å². The lowest BCUT2D eigenvalue weighted by atomic mass is 10.1. The van der Waals surface area contributed by atoms with Crippen molar-refractivity contribution in [1.82, 2.24) is 0 Å². The van der Waals surface area contributed by atoms with E-state index in [-0.39, 0.29) is 4.32 Å². The highest BCUT2D eigenvalue weighted by molar-refractivity contribution is 9.12. The van der Waals surface area contributed by atoms with Crippen molar-refractivity contribution in [2.75, 3.05) is 0 Å². The summed E-state index contributed by atoms with van der Waals surface area (Å²) in [6.07, 6.45) is 1.21. The molecule has 0 bridgehead atoms. The molecule has 0 radical (unpaired) electrons. The Balaban J connectivity index is 2.43. The fourth-order valence-electron chi connectivity index (χ4n) is 1.64. The second-order valence-corrected chi connectivity index (χ2v) is 9.20. The number of halogens is 3. The van der Waals surface area contributed by atoms with E-state index in [4.69, 9.17) is 0 Å². The standard InChI is InChI=1S/C9H9Br3S/c1-8(2)4-9(8,12)5-3-6(10)13-7(5)11/h3H,4H2,1-2H3. The zero-order valence-electron chi connectivity index (χ0n) is 7.33. The molecule has 0 aromatic carbocycles. The summed E-state index contributed by atoms with van der Waals surface area (Å²) < 4.78 is 2.62. The highest BCUT2D eigenvalue weighted by Crippen LogP contribution is 2.70. The fraction of sp³-hybridized carbons (Fsp3) is 0.556. The number of rotatable bonds is 1. The van der Waals surface area contributed by atoms with Gasteiger partial charge in [0, 0.05) is 0 Å². The maximum absolute atomic E-state index is 3.84. The Morgan fingerprint density at radius 2 is 1.92 bits per heavy atom. The number of hydrogen-bond acceptors (Lipinski definition) is 1. The third-order valence-corrected chi connectivity index (χ3v) is 6.84. The first-order valence-corrected chi connectivity index (χ1v) is 7.21. The first-order chi connectivity index (χ1) is 5.87. The van der Waals surface area contributed by atoms with E-state index in [9.17, 15) is 0 Å². The molecule has 1 heterocycles. The van der Waals surface area contributed by atoms with Gasteiger partial charge < -0.3 is 0 Å². The van der Waals surface area contributed by atoms with Crippen molar-refractivity contribution in [2.45, 2.75) is 24.6 Å². The Morgan fingerprint density at radius 3 is 2.23 bits per heavy atom. The zero-order valence-corrected chi connectivity index (χ0v) is 12.9. The van der Waals surface area contributed by atoms with Crippen LogP contribution in [0.1, 0.15) is 25.8 Å². The molecule has 1 saturated carbocycles. The maximum atomic E-state index is 3.84. The number of alkyl halides is 1. The largest absolute Gasteiger partial charge is 0.121 e. The summed E-state index contributed by atoms with van der Waals surface area (Å²) >= 11 is 12.7. The van der Waals surface area contributed by atoms with E-state index < -0.39 is 0 Å². The van der Waals surface area contributed by atoms with E-state index in [0.717, 1.165) is 0 Å². The molecule has 1 aromatic rings. The lowest BCUT2D eigenvalue weighted by Gasteiger charge is -2.11. The third kappa shape index (κ3) is 1.58. The lowest BCUT2D eigenvalue weighted by Crippen LogP contribution is -2.04. The van der Waals surface area contributed by atoms with Crippen molar-refractivity contribution in [2.24, 2.45) is 5.41 Å². The van der Waals surface area contributed by atoms with Gasteiger partial charge in [-0.2, -0.15) is 0 Å². The minimum absolute atomic E-state index is 0.196. The summed E-state index contributed by atoms with van der Waals surface area (Å²) in [5, 5.41) is 0. The van der Waals surface area contributed by atoms with Crippen LogP contribution in [0.3, 0.4) is 0 Å². The van der Waals surface area contributed by atoms with Crippen LogP contribution in [0.2, 0.25) is 0 Å². The van der Waals surface area contributed by atoms with Crippen molar-refractivity contribution < 1.29 is 0 Å². The molecule has 0 amide bonds. The molecule has 1 fully saturated rings. The van der Waals surface area contributed by atoms with Crippen LogP contribution in [-0.4, -0.2) is 0 Å². The van der Waals surface area contributed by atoms with E-state index in [1.54, 1.807) is 11.3 Å². The highest BCUT2D eigenvalue weighted by atomic mass is 79.9. The van der Waals surface area contributed by atoms with Crippen LogP contribution < -0.4 is 0 Å². The van der Waals surface area contributed by atoms with Crippen LogP contribution in [0.4, 0.5) is 0 Å². The Kier molecular flexibility index (Phi) is 2.51.